The second-order valence-corrected chi connectivity index (χ2v) is 5.67. The normalized spacial score (nSPS) is 20.1. The molecule has 1 aliphatic rings. The van der Waals surface area contributed by atoms with Crippen LogP contribution in [0, 0.1) is 12.8 Å². The zero-order valence-electron chi connectivity index (χ0n) is 12.4. The van der Waals surface area contributed by atoms with E-state index in [1.165, 1.54) is 0 Å². The Morgan fingerprint density at radius 1 is 1.50 bits per heavy atom. The van der Waals surface area contributed by atoms with Gasteiger partial charge in [-0.25, -0.2) is 0 Å². The first-order valence-corrected chi connectivity index (χ1v) is 7.35. The van der Waals surface area contributed by atoms with Crippen molar-refractivity contribution in [2.75, 3.05) is 32.8 Å². The summed E-state index contributed by atoms with van der Waals surface area (Å²) in [5.41, 5.74) is 1.78. The molecule has 1 aromatic heterocycles. The van der Waals surface area contributed by atoms with Gasteiger partial charge in [-0.15, -0.1) is 0 Å². The number of hydrogen-bond donors (Lipinski definition) is 2. The fourth-order valence-electron chi connectivity index (χ4n) is 2.76. The molecule has 0 bridgehead atoms. The number of aliphatic hydroxyl groups excluding tert-OH is 1. The number of carbonyl (C=O) groups excluding carboxylic acids is 1. The number of amides is 1. The lowest BCUT2D eigenvalue weighted by molar-refractivity contribution is 0.0923. The summed E-state index contributed by atoms with van der Waals surface area (Å²) in [7, 11) is 1.90. The Labute approximate surface area is 120 Å². The third-order valence-corrected chi connectivity index (χ3v) is 4.18. The first-order chi connectivity index (χ1) is 9.61. The summed E-state index contributed by atoms with van der Waals surface area (Å²) >= 11 is 0. The molecule has 5 heteroatoms. The molecule has 0 spiro atoms. The Kier molecular flexibility index (Phi) is 5.20. The SMILES string of the molecule is Cc1ccc(C(=O)NCCN2CCCC(CO)C2)n1C. The molecule has 2 rings (SSSR count). The van der Waals surface area contributed by atoms with Gasteiger partial charge in [0.05, 0.1) is 0 Å². The molecular weight excluding hydrogens is 254 g/mol. The van der Waals surface area contributed by atoms with E-state index in [9.17, 15) is 9.90 Å². The van der Waals surface area contributed by atoms with E-state index in [1.54, 1.807) is 0 Å². The summed E-state index contributed by atoms with van der Waals surface area (Å²) in [4.78, 5) is 14.4. The fraction of sp³-hybridized carbons (Fsp3) is 0.667. The number of rotatable bonds is 5. The topological polar surface area (TPSA) is 57.5 Å². The van der Waals surface area contributed by atoms with E-state index in [0.29, 0.717) is 18.2 Å². The lowest BCUT2D eigenvalue weighted by Crippen LogP contribution is -2.41. The molecule has 0 radical (unpaired) electrons. The molecule has 1 atom stereocenters. The minimum Gasteiger partial charge on any atom is -0.396 e. The number of nitrogens with zero attached hydrogens (tertiary/aromatic N) is 2. The summed E-state index contributed by atoms with van der Waals surface area (Å²) in [5, 5.41) is 12.2. The summed E-state index contributed by atoms with van der Waals surface area (Å²) in [5.74, 6) is 0.381. The van der Waals surface area contributed by atoms with E-state index < -0.39 is 0 Å². The third kappa shape index (κ3) is 3.61. The van der Waals surface area contributed by atoms with Crippen molar-refractivity contribution in [1.29, 1.82) is 0 Å². The Balaban J connectivity index is 1.75. The molecule has 2 N–H and O–H groups in total. The van der Waals surface area contributed by atoms with Crippen LogP contribution in [0.3, 0.4) is 0 Å². The quantitative estimate of drug-likeness (QED) is 0.837. The maximum atomic E-state index is 12.1. The van der Waals surface area contributed by atoms with Crippen LogP contribution in [0.5, 0.6) is 0 Å². The Hall–Kier alpha value is -1.33. The molecular formula is C15H25N3O2. The zero-order valence-corrected chi connectivity index (χ0v) is 12.4. The van der Waals surface area contributed by atoms with Crippen LogP contribution >= 0.6 is 0 Å². The first kappa shape index (κ1) is 15.1. The van der Waals surface area contributed by atoms with Crippen molar-refractivity contribution in [2.45, 2.75) is 19.8 Å². The van der Waals surface area contributed by atoms with Crippen LogP contribution in [0.15, 0.2) is 12.1 Å². The average molecular weight is 279 g/mol. The van der Waals surface area contributed by atoms with Crippen molar-refractivity contribution in [3.05, 3.63) is 23.5 Å². The minimum atomic E-state index is -0.0173. The highest BCUT2D eigenvalue weighted by molar-refractivity contribution is 5.92. The number of hydrogen-bond acceptors (Lipinski definition) is 3. The highest BCUT2D eigenvalue weighted by atomic mass is 16.3. The fourth-order valence-corrected chi connectivity index (χ4v) is 2.76. The van der Waals surface area contributed by atoms with Crippen LogP contribution in [0.4, 0.5) is 0 Å². The van der Waals surface area contributed by atoms with Crippen molar-refractivity contribution in [2.24, 2.45) is 13.0 Å². The van der Waals surface area contributed by atoms with Gasteiger partial charge in [-0.2, -0.15) is 0 Å². The van der Waals surface area contributed by atoms with Crippen molar-refractivity contribution < 1.29 is 9.90 Å². The maximum Gasteiger partial charge on any atom is 0.267 e. The molecule has 1 amide bonds. The van der Waals surface area contributed by atoms with Crippen molar-refractivity contribution >= 4 is 5.91 Å². The van der Waals surface area contributed by atoms with E-state index >= 15 is 0 Å². The molecule has 1 fully saturated rings. The maximum absolute atomic E-state index is 12.1. The molecule has 0 aromatic carbocycles. The zero-order chi connectivity index (χ0) is 14.5. The van der Waals surface area contributed by atoms with Crippen molar-refractivity contribution in [3.63, 3.8) is 0 Å². The van der Waals surface area contributed by atoms with Crippen LogP contribution in [-0.4, -0.2) is 53.3 Å². The number of aromatic nitrogens is 1. The molecule has 2 heterocycles. The van der Waals surface area contributed by atoms with Crippen molar-refractivity contribution in [1.82, 2.24) is 14.8 Å². The van der Waals surface area contributed by atoms with Crippen LogP contribution in [0.25, 0.3) is 0 Å². The lowest BCUT2D eigenvalue weighted by Gasteiger charge is -2.31. The first-order valence-electron chi connectivity index (χ1n) is 7.35. The van der Waals surface area contributed by atoms with Crippen LogP contribution < -0.4 is 5.32 Å². The highest BCUT2D eigenvalue weighted by Gasteiger charge is 2.19. The molecule has 1 aliphatic heterocycles. The van der Waals surface area contributed by atoms with Gasteiger partial charge in [0.25, 0.3) is 5.91 Å². The van der Waals surface area contributed by atoms with Gasteiger partial charge in [0.2, 0.25) is 0 Å². The second kappa shape index (κ2) is 6.90. The number of aryl methyl sites for hydroxylation is 1. The molecule has 112 valence electrons. The van der Waals surface area contributed by atoms with Gasteiger partial charge >= 0.3 is 0 Å². The monoisotopic (exact) mass is 279 g/mol. The predicted octanol–water partition coefficient (Wildman–Crippen LogP) is 0.768. The molecule has 1 unspecified atom stereocenters. The van der Waals surface area contributed by atoms with E-state index in [2.05, 4.69) is 10.2 Å². The van der Waals surface area contributed by atoms with Crippen LogP contribution in [0.2, 0.25) is 0 Å². The number of aliphatic hydroxyl groups is 1. The van der Waals surface area contributed by atoms with Gasteiger partial charge in [0.15, 0.2) is 0 Å². The smallest absolute Gasteiger partial charge is 0.267 e. The number of piperidine rings is 1. The average Bonchev–Trinajstić information content (AvgIpc) is 2.79. The third-order valence-electron chi connectivity index (χ3n) is 4.18. The Morgan fingerprint density at radius 2 is 2.30 bits per heavy atom. The van der Waals surface area contributed by atoms with E-state index in [0.717, 1.165) is 38.2 Å². The van der Waals surface area contributed by atoms with Gasteiger partial charge in [-0.05, 0) is 44.4 Å². The van der Waals surface area contributed by atoms with Crippen molar-refractivity contribution in [3.8, 4) is 0 Å². The summed E-state index contributed by atoms with van der Waals surface area (Å²) in [6, 6.07) is 3.80. The standard InChI is InChI=1S/C15H25N3O2/c1-12-5-6-14(17(12)2)15(20)16-7-9-18-8-3-4-13(10-18)11-19/h5-6,13,19H,3-4,7-11H2,1-2H3,(H,16,20). The molecule has 1 saturated heterocycles. The van der Waals surface area contributed by atoms with Gasteiger partial charge in [-0.3, -0.25) is 4.79 Å². The van der Waals surface area contributed by atoms with E-state index in [1.807, 2.05) is 30.7 Å². The predicted molar refractivity (Wildman–Crippen MR) is 78.7 cm³/mol. The van der Waals surface area contributed by atoms with Crippen LogP contribution in [-0.2, 0) is 7.05 Å². The minimum absolute atomic E-state index is 0.0173. The Bertz CT molecular complexity index is 456. The number of carbonyl (C=O) groups is 1. The van der Waals surface area contributed by atoms with Crippen LogP contribution in [0.1, 0.15) is 29.0 Å². The second-order valence-electron chi connectivity index (χ2n) is 5.67. The number of nitrogens with one attached hydrogen (secondary N) is 1. The lowest BCUT2D eigenvalue weighted by atomic mass is 9.99. The van der Waals surface area contributed by atoms with Gasteiger partial charge in [0, 0.05) is 39.0 Å². The van der Waals surface area contributed by atoms with Gasteiger partial charge in [0.1, 0.15) is 5.69 Å². The van der Waals surface area contributed by atoms with Gasteiger partial charge in [-0.1, -0.05) is 0 Å². The summed E-state index contributed by atoms with van der Waals surface area (Å²) in [6.45, 7) is 5.77. The van der Waals surface area contributed by atoms with Gasteiger partial charge < -0.3 is 19.9 Å². The molecule has 1 aromatic rings. The summed E-state index contributed by atoms with van der Waals surface area (Å²) in [6.07, 6.45) is 2.25. The summed E-state index contributed by atoms with van der Waals surface area (Å²) < 4.78 is 1.90. The number of likely N-dealkylation sites (tertiary alicyclic amines) is 1. The molecule has 0 aliphatic carbocycles. The largest absolute Gasteiger partial charge is 0.396 e. The van der Waals surface area contributed by atoms with E-state index in [4.69, 9.17) is 0 Å². The molecule has 5 nitrogen and oxygen atoms in total. The van der Waals surface area contributed by atoms with E-state index in [-0.39, 0.29) is 12.5 Å². The Morgan fingerprint density at radius 3 is 2.95 bits per heavy atom. The molecule has 20 heavy (non-hydrogen) atoms. The molecule has 0 saturated carbocycles. The highest BCUT2D eigenvalue weighted by Crippen LogP contribution is 2.15.